The number of carbonyl (C=O) groups is 3. The Morgan fingerprint density at radius 1 is 1.33 bits per heavy atom. The first-order valence-corrected chi connectivity index (χ1v) is 6.61. The van der Waals surface area contributed by atoms with Crippen LogP contribution >= 0.6 is 0 Å². The van der Waals surface area contributed by atoms with Gasteiger partial charge in [0.05, 0.1) is 11.6 Å². The van der Waals surface area contributed by atoms with Gasteiger partial charge in [-0.25, -0.2) is 4.79 Å². The molecular weight excluding hydrogens is 276 g/mol. The Hall–Kier alpha value is -2.25. The van der Waals surface area contributed by atoms with Crippen LogP contribution in [0.5, 0.6) is 0 Å². The van der Waals surface area contributed by atoms with Gasteiger partial charge in [-0.05, 0) is 29.7 Å². The van der Waals surface area contributed by atoms with Crippen molar-refractivity contribution in [2.24, 2.45) is 0 Å². The van der Waals surface area contributed by atoms with Crippen LogP contribution in [0, 0.1) is 0 Å². The Bertz CT molecular complexity index is 642. The van der Waals surface area contributed by atoms with Crippen LogP contribution in [0.2, 0.25) is 0 Å². The highest BCUT2D eigenvalue weighted by Gasteiger charge is 2.39. The normalized spacial score (nSPS) is 25.6. The van der Waals surface area contributed by atoms with Gasteiger partial charge < -0.3 is 10.2 Å². The topological polar surface area (TPSA) is 107 Å². The van der Waals surface area contributed by atoms with Gasteiger partial charge in [-0.1, -0.05) is 6.07 Å². The van der Waals surface area contributed by atoms with E-state index in [1.165, 1.54) is 12.1 Å². The zero-order valence-electron chi connectivity index (χ0n) is 11.1. The van der Waals surface area contributed by atoms with E-state index in [9.17, 15) is 19.5 Å². The average Bonchev–Trinajstić information content (AvgIpc) is 2.75. The summed E-state index contributed by atoms with van der Waals surface area (Å²) in [6.07, 6.45) is -0.385. The van der Waals surface area contributed by atoms with E-state index < -0.39 is 24.1 Å². The summed E-state index contributed by atoms with van der Waals surface area (Å²) in [6.45, 7) is 0.282. The Labute approximate surface area is 120 Å². The van der Waals surface area contributed by atoms with Gasteiger partial charge in [-0.2, -0.15) is 0 Å². The standard InChI is InChI=1S/C14H14N2O5/c17-11-4-3-10(12(18)15-11)16-6-8-5-7(14(20)21)1-2-9(8)13(16)19/h1-2,5,10,13,19H,3-4,6H2,(H,20,21)(H,15,17,18). The number of hydrogen-bond donors (Lipinski definition) is 3. The van der Waals surface area contributed by atoms with Crippen molar-refractivity contribution in [3.8, 4) is 0 Å². The van der Waals surface area contributed by atoms with Gasteiger partial charge in [0.1, 0.15) is 6.23 Å². The molecule has 2 unspecified atom stereocenters. The van der Waals surface area contributed by atoms with E-state index in [1.54, 1.807) is 11.0 Å². The van der Waals surface area contributed by atoms with E-state index >= 15 is 0 Å². The number of aromatic carboxylic acids is 1. The average molecular weight is 290 g/mol. The number of amides is 2. The SMILES string of the molecule is O=C1CCC(N2Cc3cc(C(=O)O)ccc3C2O)C(=O)N1. The number of nitrogens with zero attached hydrogens (tertiary/aromatic N) is 1. The fourth-order valence-corrected chi connectivity index (χ4v) is 2.87. The number of carbonyl (C=O) groups excluding carboxylic acids is 2. The monoisotopic (exact) mass is 290 g/mol. The van der Waals surface area contributed by atoms with Crippen LogP contribution in [0.3, 0.4) is 0 Å². The van der Waals surface area contributed by atoms with Crippen LogP contribution in [-0.2, 0) is 16.1 Å². The lowest BCUT2D eigenvalue weighted by atomic mass is 10.0. The van der Waals surface area contributed by atoms with Gasteiger partial charge in [-0.3, -0.25) is 19.8 Å². The van der Waals surface area contributed by atoms with E-state index in [2.05, 4.69) is 5.32 Å². The number of carboxylic acids is 1. The van der Waals surface area contributed by atoms with E-state index in [0.29, 0.717) is 17.5 Å². The molecule has 2 amide bonds. The number of rotatable bonds is 2. The van der Waals surface area contributed by atoms with Crippen molar-refractivity contribution < 1.29 is 24.6 Å². The molecule has 0 radical (unpaired) electrons. The minimum absolute atomic E-state index is 0.145. The van der Waals surface area contributed by atoms with Gasteiger partial charge in [-0.15, -0.1) is 0 Å². The lowest BCUT2D eigenvalue weighted by Gasteiger charge is -2.31. The molecule has 110 valence electrons. The van der Waals surface area contributed by atoms with Gasteiger partial charge >= 0.3 is 5.97 Å². The smallest absolute Gasteiger partial charge is 0.335 e. The van der Waals surface area contributed by atoms with Crippen molar-refractivity contribution in [3.63, 3.8) is 0 Å². The first-order chi connectivity index (χ1) is 9.97. The molecule has 0 saturated carbocycles. The highest BCUT2D eigenvalue weighted by atomic mass is 16.4. The molecule has 7 heteroatoms. The van der Waals surface area contributed by atoms with Crippen LogP contribution in [0.4, 0.5) is 0 Å². The van der Waals surface area contributed by atoms with Crippen molar-refractivity contribution in [1.29, 1.82) is 0 Å². The molecule has 3 rings (SSSR count). The fourth-order valence-electron chi connectivity index (χ4n) is 2.87. The lowest BCUT2D eigenvalue weighted by Crippen LogP contribution is -2.51. The van der Waals surface area contributed by atoms with Crippen molar-refractivity contribution in [3.05, 3.63) is 34.9 Å². The van der Waals surface area contributed by atoms with Crippen molar-refractivity contribution in [2.75, 3.05) is 0 Å². The predicted octanol–water partition coefficient (Wildman–Crippen LogP) is -0.00350. The quantitative estimate of drug-likeness (QED) is 0.662. The summed E-state index contributed by atoms with van der Waals surface area (Å²) >= 11 is 0. The third kappa shape index (κ3) is 2.30. The summed E-state index contributed by atoms with van der Waals surface area (Å²) in [7, 11) is 0. The maximum atomic E-state index is 11.9. The molecule has 1 aromatic carbocycles. The number of fused-ring (bicyclic) bond motifs is 1. The molecule has 2 aliphatic rings. The highest BCUT2D eigenvalue weighted by molar-refractivity contribution is 6.00. The second kappa shape index (κ2) is 4.94. The maximum absolute atomic E-state index is 11.9. The van der Waals surface area contributed by atoms with Crippen LogP contribution in [-0.4, -0.2) is 38.9 Å². The number of benzene rings is 1. The third-order valence-corrected chi connectivity index (χ3v) is 3.95. The molecule has 21 heavy (non-hydrogen) atoms. The van der Waals surface area contributed by atoms with Crippen LogP contribution in [0.1, 0.15) is 40.6 Å². The third-order valence-electron chi connectivity index (χ3n) is 3.95. The summed E-state index contributed by atoms with van der Waals surface area (Å²) in [6, 6.07) is 3.92. The molecule has 1 fully saturated rings. The first kappa shape index (κ1) is 13.7. The van der Waals surface area contributed by atoms with Crippen molar-refractivity contribution in [2.45, 2.75) is 31.7 Å². The molecule has 0 bridgehead atoms. The molecule has 1 aromatic rings. The molecule has 2 heterocycles. The van der Waals surface area contributed by atoms with E-state index in [0.717, 1.165) is 0 Å². The summed E-state index contributed by atoms with van der Waals surface area (Å²) < 4.78 is 0. The number of hydrogen-bond acceptors (Lipinski definition) is 5. The van der Waals surface area contributed by atoms with E-state index in [-0.39, 0.29) is 24.4 Å². The number of aliphatic hydroxyl groups is 1. The summed E-state index contributed by atoms with van der Waals surface area (Å²) in [4.78, 5) is 35.6. The Morgan fingerprint density at radius 3 is 2.76 bits per heavy atom. The molecule has 0 spiro atoms. The Balaban J connectivity index is 1.86. The van der Waals surface area contributed by atoms with Gasteiger partial charge in [0, 0.05) is 13.0 Å². The summed E-state index contributed by atoms with van der Waals surface area (Å²) in [5.41, 5.74) is 1.43. The number of carboxylic acid groups (broad SMARTS) is 1. The Morgan fingerprint density at radius 2 is 2.10 bits per heavy atom. The summed E-state index contributed by atoms with van der Waals surface area (Å²) in [5, 5.41) is 21.6. The second-order valence-corrected chi connectivity index (χ2v) is 5.23. The molecule has 7 nitrogen and oxygen atoms in total. The number of piperidine rings is 1. The first-order valence-electron chi connectivity index (χ1n) is 6.61. The van der Waals surface area contributed by atoms with Crippen LogP contribution in [0.15, 0.2) is 18.2 Å². The zero-order chi connectivity index (χ0) is 15.1. The molecule has 2 atom stereocenters. The number of imide groups is 1. The van der Waals surface area contributed by atoms with E-state index in [4.69, 9.17) is 5.11 Å². The molecule has 2 aliphatic heterocycles. The van der Waals surface area contributed by atoms with Crippen molar-refractivity contribution in [1.82, 2.24) is 10.2 Å². The number of nitrogens with one attached hydrogen (secondary N) is 1. The second-order valence-electron chi connectivity index (χ2n) is 5.23. The predicted molar refractivity (Wildman–Crippen MR) is 70.1 cm³/mol. The molecule has 0 aromatic heterocycles. The molecule has 0 aliphatic carbocycles. The summed E-state index contributed by atoms with van der Waals surface area (Å²) in [5.74, 6) is -1.76. The largest absolute Gasteiger partial charge is 0.478 e. The minimum Gasteiger partial charge on any atom is -0.478 e. The minimum atomic E-state index is -1.04. The number of aliphatic hydroxyl groups excluding tert-OH is 1. The molecule has 3 N–H and O–H groups in total. The van der Waals surface area contributed by atoms with Crippen molar-refractivity contribution >= 4 is 17.8 Å². The van der Waals surface area contributed by atoms with E-state index in [1.807, 2.05) is 0 Å². The Kier molecular flexibility index (Phi) is 3.23. The highest BCUT2D eigenvalue weighted by Crippen LogP contribution is 2.35. The molecular formula is C14H14N2O5. The van der Waals surface area contributed by atoms with Gasteiger partial charge in [0.25, 0.3) is 0 Å². The molecule has 1 saturated heterocycles. The maximum Gasteiger partial charge on any atom is 0.335 e. The zero-order valence-corrected chi connectivity index (χ0v) is 11.1. The lowest BCUT2D eigenvalue weighted by molar-refractivity contribution is -0.141. The van der Waals surface area contributed by atoms with Crippen LogP contribution < -0.4 is 5.32 Å². The fraction of sp³-hybridized carbons (Fsp3) is 0.357. The van der Waals surface area contributed by atoms with Gasteiger partial charge in [0.2, 0.25) is 11.8 Å². The van der Waals surface area contributed by atoms with Crippen LogP contribution in [0.25, 0.3) is 0 Å². The van der Waals surface area contributed by atoms with Gasteiger partial charge in [0.15, 0.2) is 0 Å².